The predicted molar refractivity (Wildman–Crippen MR) is 99.0 cm³/mol. The van der Waals surface area contributed by atoms with Crippen molar-refractivity contribution in [2.24, 2.45) is 0 Å². The third kappa shape index (κ3) is 3.69. The van der Waals surface area contributed by atoms with Crippen molar-refractivity contribution in [3.8, 4) is 0 Å². The van der Waals surface area contributed by atoms with Gasteiger partial charge in [0.1, 0.15) is 5.52 Å². The Morgan fingerprint density at radius 1 is 1.24 bits per heavy atom. The maximum absolute atomic E-state index is 12.3. The van der Waals surface area contributed by atoms with E-state index in [4.69, 9.17) is 4.42 Å². The molecule has 1 N–H and O–H groups in total. The topological polar surface area (TPSA) is 58.4 Å². The number of benzene rings is 1. The van der Waals surface area contributed by atoms with Crippen LogP contribution in [0.1, 0.15) is 29.5 Å². The Labute approximate surface area is 150 Å². The van der Waals surface area contributed by atoms with Gasteiger partial charge in [-0.2, -0.15) is 0 Å². The molecule has 0 bridgehead atoms. The first-order chi connectivity index (χ1) is 12.3. The molecule has 0 atom stereocenters. The van der Waals surface area contributed by atoms with Crippen LogP contribution in [-0.2, 0) is 6.42 Å². The van der Waals surface area contributed by atoms with Crippen molar-refractivity contribution in [3.63, 3.8) is 0 Å². The van der Waals surface area contributed by atoms with Crippen LogP contribution in [0.25, 0.3) is 11.1 Å². The number of para-hydroxylation sites is 2. The quantitative estimate of drug-likeness (QED) is 0.769. The van der Waals surface area contributed by atoms with E-state index in [0.29, 0.717) is 12.5 Å². The Kier molecular flexibility index (Phi) is 4.70. The van der Waals surface area contributed by atoms with Gasteiger partial charge >= 0.3 is 6.03 Å². The van der Waals surface area contributed by atoms with Crippen molar-refractivity contribution in [3.05, 3.63) is 52.5 Å². The van der Waals surface area contributed by atoms with Crippen LogP contribution in [0.5, 0.6) is 0 Å². The number of carbonyl (C=O) groups excluding carboxylic acids is 1. The largest absolute Gasteiger partial charge is 0.440 e. The molecule has 0 aliphatic carbocycles. The summed E-state index contributed by atoms with van der Waals surface area (Å²) in [4.78, 5) is 20.1. The Hall–Kier alpha value is -2.34. The van der Waals surface area contributed by atoms with Crippen LogP contribution in [0.15, 0.2) is 46.2 Å². The molecule has 0 unspecified atom stereocenters. The number of aromatic nitrogens is 1. The van der Waals surface area contributed by atoms with Gasteiger partial charge in [-0.3, -0.25) is 0 Å². The second kappa shape index (κ2) is 7.27. The second-order valence-corrected chi connectivity index (χ2v) is 7.37. The summed E-state index contributed by atoms with van der Waals surface area (Å²) < 4.78 is 5.88. The number of fused-ring (bicyclic) bond motifs is 1. The molecule has 1 aliphatic heterocycles. The second-order valence-electron chi connectivity index (χ2n) is 6.34. The van der Waals surface area contributed by atoms with E-state index in [-0.39, 0.29) is 6.03 Å². The molecule has 1 aliphatic rings. The first-order valence-electron chi connectivity index (χ1n) is 8.70. The molecule has 2 amide bonds. The Morgan fingerprint density at radius 3 is 2.84 bits per heavy atom. The summed E-state index contributed by atoms with van der Waals surface area (Å²) in [5.41, 5.74) is 1.75. The highest BCUT2D eigenvalue weighted by molar-refractivity contribution is 7.09. The number of thiophene rings is 1. The molecule has 130 valence electrons. The number of carbonyl (C=O) groups is 1. The number of nitrogens with zero attached hydrogens (tertiary/aromatic N) is 2. The SMILES string of the molecule is O=C(NCCc1cccs1)N1CCC(c2nc3ccccc3o2)CC1. The van der Waals surface area contributed by atoms with E-state index in [9.17, 15) is 4.79 Å². The molecule has 3 heterocycles. The molecule has 2 aromatic heterocycles. The maximum atomic E-state index is 12.3. The molecule has 25 heavy (non-hydrogen) atoms. The van der Waals surface area contributed by atoms with Gasteiger partial charge in [0, 0.05) is 30.4 Å². The summed E-state index contributed by atoms with van der Waals surface area (Å²) in [5, 5.41) is 5.08. The van der Waals surface area contributed by atoms with Crippen LogP contribution in [0.2, 0.25) is 0 Å². The molecule has 0 radical (unpaired) electrons. The van der Waals surface area contributed by atoms with Crippen LogP contribution in [0.3, 0.4) is 0 Å². The third-order valence-electron chi connectivity index (χ3n) is 4.67. The molecule has 1 saturated heterocycles. The van der Waals surface area contributed by atoms with Gasteiger partial charge in [0.25, 0.3) is 0 Å². The van der Waals surface area contributed by atoms with E-state index < -0.39 is 0 Å². The molecule has 1 fully saturated rings. The van der Waals surface area contributed by atoms with Gasteiger partial charge in [0.15, 0.2) is 11.5 Å². The highest BCUT2D eigenvalue weighted by atomic mass is 32.1. The van der Waals surface area contributed by atoms with Gasteiger partial charge in [-0.1, -0.05) is 18.2 Å². The van der Waals surface area contributed by atoms with E-state index in [1.165, 1.54) is 4.88 Å². The minimum absolute atomic E-state index is 0.0348. The van der Waals surface area contributed by atoms with Gasteiger partial charge in [-0.05, 0) is 42.8 Å². The number of oxazole rings is 1. The molecule has 0 spiro atoms. The number of piperidine rings is 1. The lowest BCUT2D eigenvalue weighted by Gasteiger charge is -2.30. The number of rotatable bonds is 4. The first-order valence-corrected chi connectivity index (χ1v) is 9.58. The van der Waals surface area contributed by atoms with Crippen molar-refractivity contribution < 1.29 is 9.21 Å². The summed E-state index contributed by atoms with van der Waals surface area (Å²) in [6, 6.07) is 12.0. The molecular formula is C19H21N3O2S. The van der Waals surface area contributed by atoms with E-state index in [1.54, 1.807) is 11.3 Å². The number of amides is 2. The molecule has 4 rings (SSSR count). The summed E-state index contributed by atoms with van der Waals surface area (Å²) >= 11 is 1.73. The van der Waals surface area contributed by atoms with Gasteiger partial charge in [-0.15, -0.1) is 11.3 Å². The van der Waals surface area contributed by atoms with Gasteiger partial charge in [0.2, 0.25) is 0 Å². The van der Waals surface area contributed by atoms with Crippen molar-refractivity contribution in [1.29, 1.82) is 0 Å². The fourth-order valence-electron chi connectivity index (χ4n) is 3.25. The molecule has 0 saturated carbocycles. The highest BCUT2D eigenvalue weighted by Crippen LogP contribution is 2.29. The lowest BCUT2D eigenvalue weighted by Crippen LogP contribution is -2.44. The molecular weight excluding hydrogens is 334 g/mol. The van der Waals surface area contributed by atoms with Crippen LogP contribution >= 0.6 is 11.3 Å². The van der Waals surface area contributed by atoms with E-state index in [0.717, 1.165) is 49.3 Å². The van der Waals surface area contributed by atoms with E-state index in [1.807, 2.05) is 35.2 Å². The number of urea groups is 1. The number of hydrogen-bond acceptors (Lipinski definition) is 4. The van der Waals surface area contributed by atoms with Crippen LogP contribution < -0.4 is 5.32 Å². The smallest absolute Gasteiger partial charge is 0.317 e. The van der Waals surface area contributed by atoms with Gasteiger partial charge < -0.3 is 14.6 Å². The van der Waals surface area contributed by atoms with Gasteiger partial charge in [-0.25, -0.2) is 9.78 Å². The van der Waals surface area contributed by atoms with Crippen molar-refractivity contribution >= 4 is 28.5 Å². The Morgan fingerprint density at radius 2 is 2.08 bits per heavy atom. The minimum Gasteiger partial charge on any atom is -0.440 e. The lowest BCUT2D eigenvalue weighted by molar-refractivity contribution is 0.178. The zero-order valence-corrected chi connectivity index (χ0v) is 14.8. The molecule has 3 aromatic rings. The number of hydrogen-bond donors (Lipinski definition) is 1. The average Bonchev–Trinajstić information content (AvgIpc) is 3.31. The molecule has 6 heteroatoms. The van der Waals surface area contributed by atoms with Crippen molar-refractivity contribution in [2.45, 2.75) is 25.2 Å². The summed E-state index contributed by atoms with van der Waals surface area (Å²) in [6.45, 7) is 2.17. The van der Waals surface area contributed by atoms with E-state index in [2.05, 4.69) is 21.7 Å². The lowest BCUT2D eigenvalue weighted by atomic mass is 9.97. The molecule has 5 nitrogen and oxygen atoms in total. The third-order valence-corrected chi connectivity index (χ3v) is 5.61. The summed E-state index contributed by atoms with van der Waals surface area (Å²) in [7, 11) is 0. The number of likely N-dealkylation sites (tertiary alicyclic amines) is 1. The summed E-state index contributed by atoms with van der Waals surface area (Å²) in [6.07, 6.45) is 2.68. The zero-order valence-electron chi connectivity index (χ0n) is 14.0. The monoisotopic (exact) mass is 355 g/mol. The fourth-order valence-corrected chi connectivity index (χ4v) is 3.96. The van der Waals surface area contributed by atoms with Crippen LogP contribution in [-0.4, -0.2) is 35.5 Å². The average molecular weight is 355 g/mol. The van der Waals surface area contributed by atoms with E-state index >= 15 is 0 Å². The van der Waals surface area contributed by atoms with Gasteiger partial charge in [0.05, 0.1) is 0 Å². The normalized spacial score (nSPS) is 15.6. The Bertz CT molecular complexity index is 802. The fraction of sp³-hybridized carbons (Fsp3) is 0.368. The van der Waals surface area contributed by atoms with Crippen LogP contribution in [0, 0.1) is 0 Å². The maximum Gasteiger partial charge on any atom is 0.317 e. The van der Waals surface area contributed by atoms with Crippen LogP contribution in [0.4, 0.5) is 4.79 Å². The number of nitrogens with one attached hydrogen (secondary N) is 1. The summed E-state index contributed by atoms with van der Waals surface area (Å²) in [5.74, 6) is 1.10. The highest BCUT2D eigenvalue weighted by Gasteiger charge is 2.26. The standard InChI is InChI=1S/C19H21N3O2S/c23-19(20-10-7-15-4-3-13-25-15)22-11-8-14(9-12-22)18-21-16-5-1-2-6-17(16)24-18/h1-6,13-14H,7-12H2,(H,20,23). The molecule has 1 aromatic carbocycles. The zero-order chi connectivity index (χ0) is 17.1. The van der Waals surface area contributed by atoms with Crippen molar-refractivity contribution in [1.82, 2.24) is 15.2 Å². The predicted octanol–water partition coefficient (Wildman–Crippen LogP) is 4.02. The minimum atomic E-state index is 0.0348. The first kappa shape index (κ1) is 16.1. The Balaban J connectivity index is 1.28. The van der Waals surface area contributed by atoms with Crippen molar-refractivity contribution in [2.75, 3.05) is 19.6 Å².